The first-order chi connectivity index (χ1) is 5.75. The highest BCUT2D eigenvalue weighted by atomic mass is 79.9. The molecule has 0 amide bonds. The first-order valence-electron chi connectivity index (χ1n) is 4.25. The minimum Gasteiger partial charge on any atom is -0.454 e. The van der Waals surface area contributed by atoms with Gasteiger partial charge in [0, 0.05) is 12.5 Å². The average Bonchev–Trinajstić information content (AvgIpc) is 2.78. The number of furan rings is 1. The van der Waals surface area contributed by atoms with Crippen molar-refractivity contribution >= 4 is 15.9 Å². The molecule has 1 fully saturated rings. The van der Waals surface area contributed by atoms with Crippen molar-refractivity contribution in [2.45, 2.75) is 25.3 Å². The molecule has 2 rings (SSSR count). The van der Waals surface area contributed by atoms with E-state index >= 15 is 0 Å². The molecule has 66 valence electrons. The highest BCUT2D eigenvalue weighted by molar-refractivity contribution is 9.10. The van der Waals surface area contributed by atoms with Crippen molar-refractivity contribution in [3.8, 4) is 0 Å². The Morgan fingerprint density at radius 3 is 2.83 bits per heavy atom. The Labute approximate surface area is 80.3 Å². The molecule has 1 heterocycles. The number of nitrogens with two attached hydrogens (primary N) is 1. The van der Waals surface area contributed by atoms with Crippen molar-refractivity contribution < 1.29 is 4.42 Å². The fraction of sp³-hybridized carbons (Fsp3) is 0.556. The van der Waals surface area contributed by atoms with Crippen molar-refractivity contribution in [3.63, 3.8) is 0 Å². The average molecular weight is 230 g/mol. The Kier molecular flexibility index (Phi) is 2.24. The Morgan fingerprint density at radius 2 is 2.33 bits per heavy atom. The van der Waals surface area contributed by atoms with Crippen LogP contribution < -0.4 is 5.73 Å². The summed E-state index contributed by atoms with van der Waals surface area (Å²) in [6.45, 7) is 0. The summed E-state index contributed by atoms with van der Waals surface area (Å²) in [4.78, 5) is 0. The zero-order chi connectivity index (χ0) is 8.55. The number of halogens is 1. The van der Waals surface area contributed by atoms with E-state index in [4.69, 9.17) is 10.2 Å². The molecule has 1 aromatic rings. The molecule has 0 aliphatic heterocycles. The molecule has 1 saturated carbocycles. The van der Waals surface area contributed by atoms with Crippen LogP contribution in [0.4, 0.5) is 0 Å². The molecule has 0 saturated heterocycles. The number of rotatable bonds is 3. The van der Waals surface area contributed by atoms with E-state index in [9.17, 15) is 0 Å². The Hall–Kier alpha value is -0.280. The van der Waals surface area contributed by atoms with Crippen LogP contribution in [0.2, 0.25) is 0 Å². The smallest absolute Gasteiger partial charge is 0.169 e. The summed E-state index contributed by atoms with van der Waals surface area (Å²) in [5, 5.41) is 0. The lowest BCUT2D eigenvalue weighted by Gasteiger charge is -2.06. The summed E-state index contributed by atoms with van der Waals surface area (Å²) in [5.74, 6) is 1.73. The van der Waals surface area contributed by atoms with Crippen LogP contribution >= 0.6 is 15.9 Å². The van der Waals surface area contributed by atoms with Gasteiger partial charge in [-0.15, -0.1) is 0 Å². The highest BCUT2D eigenvalue weighted by Gasteiger charge is 2.28. The third-order valence-corrected chi connectivity index (χ3v) is 2.72. The summed E-state index contributed by atoms with van der Waals surface area (Å²) in [5.41, 5.74) is 5.94. The molecular weight excluding hydrogens is 218 g/mol. The minimum atomic E-state index is 0.294. The van der Waals surface area contributed by atoms with Crippen LogP contribution in [0.5, 0.6) is 0 Å². The third-order valence-electron chi connectivity index (χ3n) is 2.29. The van der Waals surface area contributed by atoms with E-state index in [0.29, 0.717) is 6.04 Å². The summed E-state index contributed by atoms with van der Waals surface area (Å²) in [7, 11) is 0. The lowest BCUT2D eigenvalue weighted by molar-refractivity contribution is 0.453. The molecular formula is C9H12BrNO. The predicted molar refractivity (Wildman–Crippen MR) is 50.8 cm³/mol. The third kappa shape index (κ3) is 1.90. The molecule has 0 aromatic carbocycles. The summed E-state index contributed by atoms with van der Waals surface area (Å²) < 4.78 is 6.16. The van der Waals surface area contributed by atoms with E-state index in [1.54, 1.807) is 0 Å². The van der Waals surface area contributed by atoms with Gasteiger partial charge in [0.05, 0.1) is 0 Å². The van der Waals surface area contributed by atoms with Crippen molar-refractivity contribution in [1.82, 2.24) is 0 Å². The number of hydrogen-bond donors (Lipinski definition) is 1. The number of hydrogen-bond acceptors (Lipinski definition) is 2. The van der Waals surface area contributed by atoms with Crippen molar-refractivity contribution in [2.24, 2.45) is 11.7 Å². The lowest BCUT2D eigenvalue weighted by atomic mass is 10.1. The Bertz CT molecular complexity index is 267. The van der Waals surface area contributed by atoms with Gasteiger partial charge in [0.1, 0.15) is 5.76 Å². The van der Waals surface area contributed by atoms with E-state index in [1.165, 1.54) is 12.8 Å². The van der Waals surface area contributed by atoms with Crippen LogP contribution in [-0.2, 0) is 6.42 Å². The first kappa shape index (κ1) is 8.32. The second kappa shape index (κ2) is 3.23. The van der Waals surface area contributed by atoms with Gasteiger partial charge in [0.2, 0.25) is 0 Å². The van der Waals surface area contributed by atoms with Gasteiger partial charge in [-0.2, -0.15) is 0 Å². The van der Waals surface area contributed by atoms with Crippen LogP contribution in [-0.4, -0.2) is 6.04 Å². The molecule has 0 bridgehead atoms. The maximum Gasteiger partial charge on any atom is 0.169 e. The molecule has 1 aromatic heterocycles. The van der Waals surface area contributed by atoms with Gasteiger partial charge in [0.15, 0.2) is 4.67 Å². The van der Waals surface area contributed by atoms with Gasteiger partial charge in [-0.3, -0.25) is 0 Å². The first-order valence-corrected chi connectivity index (χ1v) is 5.05. The summed E-state index contributed by atoms with van der Waals surface area (Å²) in [6.07, 6.45) is 3.46. The predicted octanol–water partition coefficient (Wildman–Crippen LogP) is 2.32. The van der Waals surface area contributed by atoms with Gasteiger partial charge < -0.3 is 10.2 Å². The molecule has 12 heavy (non-hydrogen) atoms. The standard InChI is InChI=1S/C9H12BrNO/c10-9-4-3-7(12-9)5-8(11)6-1-2-6/h3-4,6,8H,1-2,5,11H2. The molecule has 1 aliphatic carbocycles. The van der Waals surface area contributed by atoms with E-state index in [2.05, 4.69) is 15.9 Å². The Balaban J connectivity index is 1.93. The fourth-order valence-corrected chi connectivity index (χ4v) is 1.72. The van der Waals surface area contributed by atoms with Crippen LogP contribution in [0.25, 0.3) is 0 Å². The van der Waals surface area contributed by atoms with Crippen LogP contribution in [0.3, 0.4) is 0 Å². The highest BCUT2D eigenvalue weighted by Crippen LogP contribution is 2.33. The fourth-order valence-electron chi connectivity index (χ4n) is 1.38. The second-order valence-corrected chi connectivity index (χ2v) is 4.19. The van der Waals surface area contributed by atoms with Crippen LogP contribution in [0.1, 0.15) is 18.6 Å². The summed E-state index contributed by atoms with van der Waals surface area (Å²) >= 11 is 3.27. The Morgan fingerprint density at radius 1 is 1.58 bits per heavy atom. The van der Waals surface area contributed by atoms with Gasteiger partial charge in [0.25, 0.3) is 0 Å². The lowest BCUT2D eigenvalue weighted by Crippen LogP contribution is -2.24. The largest absolute Gasteiger partial charge is 0.454 e. The van der Waals surface area contributed by atoms with E-state index in [-0.39, 0.29) is 0 Å². The SMILES string of the molecule is NC(Cc1ccc(Br)o1)C1CC1. The van der Waals surface area contributed by atoms with Crippen molar-refractivity contribution in [1.29, 1.82) is 0 Å². The van der Waals surface area contributed by atoms with E-state index < -0.39 is 0 Å². The van der Waals surface area contributed by atoms with Crippen LogP contribution in [0, 0.1) is 5.92 Å². The molecule has 1 aliphatic rings. The van der Waals surface area contributed by atoms with Crippen molar-refractivity contribution in [2.75, 3.05) is 0 Å². The molecule has 2 nitrogen and oxygen atoms in total. The summed E-state index contributed by atoms with van der Waals surface area (Å²) in [6, 6.07) is 4.18. The van der Waals surface area contributed by atoms with Gasteiger partial charge in [-0.25, -0.2) is 0 Å². The maximum absolute atomic E-state index is 5.94. The van der Waals surface area contributed by atoms with Gasteiger partial charge in [-0.05, 0) is 46.8 Å². The quantitative estimate of drug-likeness (QED) is 0.865. The zero-order valence-electron chi connectivity index (χ0n) is 6.79. The van der Waals surface area contributed by atoms with E-state index in [0.717, 1.165) is 22.8 Å². The molecule has 0 radical (unpaired) electrons. The molecule has 2 N–H and O–H groups in total. The van der Waals surface area contributed by atoms with Gasteiger partial charge >= 0.3 is 0 Å². The van der Waals surface area contributed by atoms with Crippen LogP contribution in [0.15, 0.2) is 21.2 Å². The zero-order valence-corrected chi connectivity index (χ0v) is 8.38. The maximum atomic E-state index is 5.94. The molecule has 3 heteroatoms. The molecule has 1 unspecified atom stereocenters. The topological polar surface area (TPSA) is 39.2 Å². The molecule has 0 spiro atoms. The monoisotopic (exact) mass is 229 g/mol. The van der Waals surface area contributed by atoms with Crippen molar-refractivity contribution in [3.05, 3.63) is 22.6 Å². The normalized spacial score (nSPS) is 19.5. The minimum absolute atomic E-state index is 0.294. The van der Waals surface area contributed by atoms with E-state index in [1.807, 2.05) is 12.1 Å². The van der Waals surface area contributed by atoms with Gasteiger partial charge in [-0.1, -0.05) is 0 Å². The second-order valence-electron chi connectivity index (χ2n) is 3.41. The molecule has 1 atom stereocenters.